The summed E-state index contributed by atoms with van der Waals surface area (Å²) in [6.45, 7) is 1.97. The van der Waals surface area contributed by atoms with E-state index in [1.165, 1.54) is 0 Å². The molecule has 0 aliphatic heterocycles. The summed E-state index contributed by atoms with van der Waals surface area (Å²) in [5, 5.41) is 14.2. The largest absolute Gasteiger partial charge is 0.484 e. The monoisotopic (exact) mass is 414 g/mol. The highest BCUT2D eigenvalue weighted by atomic mass is 16.5. The molecule has 0 radical (unpaired) electrons. The summed E-state index contributed by atoms with van der Waals surface area (Å²) >= 11 is 0. The Morgan fingerprint density at radius 2 is 2.10 bits per heavy atom. The summed E-state index contributed by atoms with van der Waals surface area (Å²) in [5.74, 6) is 1.78. The molecular weight excluding hydrogens is 392 g/mol. The maximum absolute atomic E-state index is 11.9. The molecule has 2 heterocycles. The number of aromatic amines is 1. The zero-order valence-corrected chi connectivity index (χ0v) is 17.1. The standard InChI is InChI=1S/C23H22N6O2/c1-14-8-15(11-19(9-14)31-13-22(30)27-17-2-3-17)23-24-7-6-21(28-23)26-18-4-5-20-16(10-18)12-25-29-20/h4-12,17H,2-3,13H2,1H3,(H,25,29)(H,27,30)(H,24,26,28). The summed E-state index contributed by atoms with van der Waals surface area (Å²) in [7, 11) is 0. The number of nitrogens with zero attached hydrogens (tertiary/aromatic N) is 3. The minimum atomic E-state index is -0.0948. The van der Waals surface area contributed by atoms with Crippen molar-refractivity contribution in [3.63, 3.8) is 0 Å². The predicted molar refractivity (Wildman–Crippen MR) is 118 cm³/mol. The van der Waals surface area contributed by atoms with E-state index in [1.807, 2.05) is 49.4 Å². The van der Waals surface area contributed by atoms with Crippen molar-refractivity contribution in [3.8, 4) is 17.1 Å². The van der Waals surface area contributed by atoms with Gasteiger partial charge in [-0.15, -0.1) is 0 Å². The van der Waals surface area contributed by atoms with Gasteiger partial charge in [0.15, 0.2) is 12.4 Å². The minimum Gasteiger partial charge on any atom is -0.484 e. The first-order chi connectivity index (χ1) is 15.1. The first kappa shape index (κ1) is 19.0. The Morgan fingerprint density at radius 1 is 1.19 bits per heavy atom. The first-order valence-corrected chi connectivity index (χ1v) is 10.2. The van der Waals surface area contributed by atoms with E-state index >= 15 is 0 Å². The van der Waals surface area contributed by atoms with E-state index in [1.54, 1.807) is 12.4 Å². The van der Waals surface area contributed by atoms with E-state index in [0.717, 1.165) is 40.6 Å². The maximum Gasteiger partial charge on any atom is 0.258 e. The fourth-order valence-corrected chi connectivity index (χ4v) is 3.34. The smallest absolute Gasteiger partial charge is 0.258 e. The molecule has 1 saturated carbocycles. The van der Waals surface area contributed by atoms with Crippen molar-refractivity contribution in [2.75, 3.05) is 11.9 Å². The molecule has 8 nitrogen and oxygen atoms in total. The second-order valence-electron chi connectivity index (χ2n) is 7.73. The topological polar surface area (TPSA) is 105 Å². The normalized spacial score (nSPS) is 13.2. The average molecular weight is 414 g/mol. The highest BCUT2D eigenvalue weighted by Crippen LogP contribution is 2.26. The van der Waals surface area contributed by atoms with Crippen molar-refractivity contribution in [1.82, 2.24) is 25.5 Å². The van der Waals surface area contributed by atoms with Crippen LogP contribution in [0.4, 0.5) is 11.5 Å². The van der Waals surface area contributed by atoms with E-state index in [-0.39, 0.29) is 12.5 Å². The number of carbonyl (C=O) groups excluding carboxylic acids is 1. The van der Waals surface area contributed by atoms with Crippen LogP contribution in [-0.4, -0.2) is 38.7 Å². The molecule has 156 valence electrons. The van der Waals surface area contributed by atoms with Crippen LogP contribution in [0.5, 0.6) is 5.75 Å². The van der Waals surface area contributed by atoms with Crippen molar-refractivity contribution in [2.45, 2.75) is 25.8 Å². The molecule has 1 aliphatic rings. The number of amides is 1. The molecule has 31 heavy (non-hydrogen) atoms. The number of aryl methyl sites for hydroxylation is 1. The molecule has 1 aliphatic carbocycles. The number of ether oxygens (including phenoxy) is 1. The second-order valence-corrected chi connectivity index (χ2v) is 7.73. The molecule has 0 spiro atoms. The van der Waals surface area contributed by atoms with E-state index in [2.05, 4.69) is 30.8 Å². The Morgan fingerprint density at radius 3 is 2.97 bits per heavy atom. The van der Waals surface area contributed by atoms with Crippen LogP contribution >= 0.6 is 0 Å². The Labute approximate surface area is 179 Å². The third-order valence-corrected chi connectivity index (χ3v) is 4.99. The third-order valence-electron chi connectivity index (χ3n) is 4.99. The Hall–Kier alpha value is -3.94. The van der Waals surface area contributed by atoms with Crippen molar-refractivity contribution in [1.29, 1.82) is 0 Å². The van der Waals surface area contributed by atoms with Crippen molar-refractivity contribution >= 4 is 28.3 Å². The molecule has 0 atom stereocenters. The van der Waals surface area contributed by atoms with Crippen LogP contribution in [0.1, 0.15) is 18.4 Å². The van der Waals surface area contributed by atoms with Crippen LogP contribution in [0.15, 0.2) is 54.9 Å². The van der Waals surface area contributed by atoms with Gasteiger partial charge in [-0.05, 0) is 67.8 Å². The second kappa shape index (κ2) is 8.06. The minimum absolute atomic E-state index is 0.00165. The number of carbonyl (C=O) groups is 1. The molecule has 3 N–H and O–H groups in total. The fourth-order valence-electron chi connectivity index (χ4n) is 3.34. The molecule has 5 rings (SSSR count). The van der Waals surface area contributed by atoms with Gasteiger partial charge in [0.25, 0.3) is 5.91 Å². The number of nitrogens with one attached hydrogen (secondary N) is 3. The van der Waals surface area contributed by atoms with Gasteiger partial charge < -0.3 is 15.4 Å². The summed E-state index contributed by atoms with van der Waals surface area (Å²) in [6, 6.07) is 13.8. The van der Waals surface area contributed by atoms with Crippen LogP contribution in [0.3, 0.4) is 0 Å². The summed E-state index contributed by atoms with van der Waals surface area (Å²) in [5.41, 5.74) is 3.72. The lowest BCUT2D eigenvalue weighted by Gasteiger charge is -2.11. The highest BCUT2D eigenvalue weighted by molar-refractivity contribution is 5.82. The van der Waals surface area contributed by atoms with Gasteiger partial charge in [0.1, 0.15) is 11.6 Å². The fraction of sp³-hybridized carbons (Fsp3) is 0.217. The molecule has 1 amide bonds. The quantitative estimate of drug-likeness (QED) is 0.426. The lowest BCUT2D eigenvalue weighted by Crippen LogP contribution is -2.30. The summed E-state index contributed by atoms with van der Waals surface area (Å²) in [4.78, 5) is 21.0. The zero-order valence-electron chi connectivity index (χ0n) is 17.1. The molecule has 0 saturated heterocycles. The van der Waals surface area contributed by atoms with Gasteiger partial charge in [-0.2, -0.15) is 5.10 Å². The first-order valence-electron chi connectivity index (χ1n) is 10.2. The van der Waals surface area contributed by atoms with Gasteiger partial charge >= 0.3 is 0 Å². The SMILES string of the molecule is Cc1cc(OCC(=O)NC2CC2)cc(-c2nccc(Nc3ccc4[nH]ncc4c3)n2)c1. The number of aromatic nitrogens is 4. The summed E-state index contributed by atoms with van der Waals surface area (Å²) < 4.78 is 5.71. The number of benzene rings is 2. The highest BCUT2D eigenvalue weighted by Gasteiger charge is 2.23. The molecule has 2 aromatic heterocycles. The average Bonchev–Trinajstić information content (AvgIpc) is 3.45. The summed E-state index contributed by atoms with van der Waals surface area (Å²) in [6.07, 6.45) is 5.61. The number of hydrogen-bond acceptors (Lipinski definition) is 6. The Bertz CT molecular complexity index is 1250. The van der Waals surface area contributed by atoms with Gasteiger partial charge in [-0.3, -0.25) is 9.89 Å². The molecule has 1 fully saturated rings. The molecule has 8 heteroatoms. The lowest BCUT2D eigenvalue weighted by atomic mass is 10.1. The molecule has 4 aromatic rings. The third kappa shape index (κ3) is 4.63. The Kier molecular flexibility index (Phi) is 4.95. The number of fused-ring (bicyclic) bond motifs is 1. The number of anilines is 2. The number of hydrogen-bond donors (Lipinski definition) is 3. The van der Waals surface area contributed by atoms with Gasteiger partial charge in [0, 0.05) is 28.9 Å². The van der Waals surface area contributed by atoms with Gasteiger partial charge in [-0.1, -0.05) is 0 Å². The molecule has 0 bridgehead atoms. The predicted octanol–water partition coefficient (Wildman–Crippen LogP) is 3.73. The Balaban J connectivity index is 1.33. The van der Waals surface area contributed by atoms with Gasteiger partial charge in [-0.25, -0.2) is 9.97 Å². The van der Waals surface area contributed by atoms with Gasteiger partial charge in [0.05, 0.1) is 11.7 Å². The van der Waals surface area contributed by atoms with Crippen LogP contribution in [0.2, 0.25) is 0 Å². The van der Waals surface area contributed by atoms with Crippen LogP contribution in [0.25, 0.3) is 22.3 Å². The van der Waals surface area contributed by atoms with Gasteiger partial charge in [0.2, 0.25) is 0 Å². The van der Waals surface area contributed by atoms with E-state index in [9.17, 15) is 4.79 Å². The maximum atomic E-state index is 11.9. The van der Waals surface area contributed by atoms with Crippen molar-refractivity contribution in [2.24, 2.45) is 0 Å². The number of rotatable bonds is 7. The van der Waals surface area contributed by atoms with Crippen LogP contribution in [0, 0.1) is 6.92 Å². The van der Waals surface area contributed by atoms with E-state index in [4.69, 9.17) is 4.74 Å². The van der Waals surface area contributed by atoms with Crippen LogP contribution < -0.4 is 15.4 Å². The van der Waals surface area contributed by atoms with Crippen molar-refractivity contribution < 1.29 is 9.53 Å². The van der Waals surface area contributed by atoms with E-state index < -0.39 is 0 Å². The van der Waals surface area contributed by atoms with Crippen molar-refractivity contribution in [3.05, 3.63) is 60.4 Å². The van der Waals surface area contributed by atoms with E-state index in [0.29, 0.717) is 23.4 Å². The molecule has 0 unspecified atom stereocenters. The van der Waals surface area contributed by atoms with Crippen LogP contribution in [-0.2, 0) is 4.79 Å². The lowest BCUT2D eigenvalue weighted by molar-refractivity contribution is -0.123. The zero-order chi connectivity index (χ0) is 21.2. The number of H-pyrrole nitrogens is 1. The molecular formula is C23H22N6O2. The molecule has 2 aromatic carbocycles.